The van der Waals surface area contributed by atoms with Crippen LogP contribution in [0.1, 0.15) is 30.0 Å². The maximum absolute atomic E-state index is 5.40. The zero-order chi connectivity index (χ0) is 13.7. The van der Waals surface area contributed by atoms with Crippen LogP contribution in [0.4, 0.5) is 0 Å². The number of hydrogen-bond acceptors (Lipinski definition) is 3. The first-order valence-corrected chi connectivity index (χ1v) is 7.21. The predicted molar refractivity (Wildman–Crippen MR) is 79.5 cm³/mol. The van der Waals surface area contributed by atoms with E-state index in [4.69, 9.17) is 4.74 Å². The number of benzene rings is 1. The van der Waals surface area contributed by atoms with E-state index in [-0.39, 0.29) is 0 Å². The fraction of sp³-hybridized carbons (Fsp3) is 0.625. The molecular weight excluding hydrogens is 236 g/mol. The monoisotopic (exact) mass is 262 g/mol. The third-order valence-electron chi connectivity index (χ3n) is 3.87. The molecule has 0 unspecified atom stereocenters. The molecule has 1 fully saturated rings. The van der Waals surface area contributed by atoms with Crippen LogP contribution in [0.15, 0.2) is 24.3 Å². The van der Waals surface area contributed by atoms with Gasteiger partial charge in [0.25, 0.3) is 0 Å². The van der Waals surface area contributed by atoms with Gasteiger partial charge in [-0.25, -0.2) is 0 Å². The van der Waals surface area contributed by atoms with Gasteiger partial charge in [0.05, 0.1) is 0 Å². The number of nitrogens with zero attached hydrogens (tertiary/aromatic N) is 1. The van der Waals surface area contributed by atoms with E-state index in [0.29, 0.717) is 12.1 Å². The summed E-state index contributed by atoms with van der Waals surface area (Å²) >= 11 is 0. The van der Waals surface area contributed by atoms with Gasteiger partial charge < -0.3 is 15.0 Å². The van der Waals surface area contributed by atoms with Gasteiger partial charge in [0.2, 0.25) is 0 Å². The van der Waals surface area contributed by atoms with Crippen LogP contribution >= 0.6 is 0 Å². The van der Waals surface area contributed by atoms with E-state index >= 15 is 0 Å². The van der Waals surface area contributed by atoms with Gasteiger partial charge in [-0.2, -0.15) is 0 Å². The van der Waals surface area contributed by atoms with Crippen molar-refractivity contribution in [1.82, 2.24) is 10.2 Å². The van der Waals surface area contributed by atoms with Crippen molar-refractivity contribution in [2.45, 2.75) is 31.8 Å². The molecular formula is C16H26N2O. The summed E-state index contributed by atoms with van der Waals surface area (Å²) in [6.07, 6.45) is 2.27. The smallest absolute Gasteiger partial charge is 0.0480 e. The number of ether oxygens (including phenoxy) is 1. The van der Waals surface area contributed by atoms with E-state index in [1.54, 1.807) is 0 Å². The molecule has 1 aliphatic rings. The second-order valence-electron chi connectivity index (χ2n) is 5.69. The first-order valence-electron chi connectivity index (χ1n) is 7.21. The molecule has 0 aromatic heterocycles. The summed E-state index contributed by atoms with van der Waals surface area (Å²) in [4.78, 5) is 2.29. The zero-order valence-electron chi connectivity index (χ0n) is 12.4. The van der Waals surface area contributed by atoms with Crippen molar-refractivity contribution in [3.8, 4) is 0 Å². The predicted octanol–water partition coefficient (Wildman–Crippen LogP) is 2.37. The molecule has 106 valence electrons. The summed E-state index contributed by atoms with van der Waals surface area (Å²) in [5, 5.41) is 3.70. The van der Waals surface area contributed by atoms with Gasteiger partial charge in [-0.05, 0) is 39.4 Å². The second kappa shape index (κ2) is 7.04. The Bertz CT molecular complexity index is 386. The van der Waals surface area contributed by atoms with E-state index in [2.05, 4.69) is 55.5 Å². The third-order valence-corrected chi connectivity index (χ3v) is 3.87. The topological polar surface area (TPSA) is 24.5 Å². The molecule has 0 radical (unpaired) electrons. The Labute approximate surface area is 116 Å². The molecule has 3 nitrogen and oxygen atoms in total. The van der Waals surface area contributed by atoms with E-state index in [1.165, 1.54) is 11.1 Å². The maximum atomic E-state index is 5.40. The van der Waals surface area contributed by atoms with E-state index in [1.807, 2.05) is 0 Å². The highest BCUT2D eigenvalue weighted by molar-refractivity contribution is 5.25. The van der Waals surface area contributed by atoms with E-state index in [0.717, 1.165) is 32.6 Å². The van der Waals surface area contributed by atoms with Gasteiger partial charge in [-0.3, -0.25) is 0 Å². The van der Waals surface area contributed by atoms with Crippen molar-refractivity contribution in [3.05, 3.63) is 35.4 Å². The third kappa shape index (κ3) is 4.30. The van der Waals surface area contributed by atoms with Crippen molar-refractivity contribution in [2.24, 2.45) is 0 Å². The molecule has 1 N–H and O–H groups in total. The van der Waals surface area contributed by atoms with Crippen LogP contribution < -0.4 is 5.32 Å². The normalized spacial score (nSPS) is 18.7. The highest BCUT2D eigenvalue weighted by Gasteiger charge is 2.18. The van der Waals surface area contributed by atoms with Crippen LogP contribution in [0, 0.1) is 6.92 Å². The highest BCUT2D eigenvalue weighted by atomic mass is 16.5. The Morgan fingerprint density at radius 3 is 2.68 bits per heavy atom. The Hall–Kier alpha value is -0.900. The molecule has 1 aromatic carbocycles. The minimum absolute atomic E-state index is 0.433. The Morgan fingerprint density at radius 2 is 2.05 bits per heavy atom. The highest BCUT2D eigenvalue weighted by Crippen LogP contribution is 2.19. The van der Waals surface area contributed by atoms with Gasteiger partial charge in [0, 0.05) is 31.8 Å². The van der Waals surface area contributed by atoms with Crippen LogP contribution in [0.25, 0.3) is 0 Å². The molecule has 0 spiro atoms. The Balaban J connectivity index is 1.96. The van der Waals surface area contributed by atoms with Crippen molar-refractivity contribution >= 4 is 0 Å². The molecule has 1 atom stereocenters. The van der Waals surface area contributed by atoms with Crippen LogP contribution in [-0.2, 0) is 4.74 Å². The number of aryl methyl sites for hydroxylation is 1. The second-order valence-corrected chi connectivity index (χ2v) is 5.69. The molecule has 3 heteroatoms. The van der Waals surface area contributed by atoms with Gasteiger partial charge in [-0.15, -0.1) is 0 Å². The lowest BCUT2D eigenvalue weighted by Crippen LogP contribution is -2.40. The minimum Gasteiger partial charge on any atom is -0.381 e. The lowest BCUT2D eigenvalue weighted by Gasteiger charge is -2.29. The number of nitrogens with one attached hydrogen (secondary N) is 1. The van der Waals surface area contributed by atoms with Gasteiger partial charge in [0.1, 0.15) is 0 Å². The summed E-state index contributed by atoms with van der Waals surface area (Å²) in [5.41, 5.74) is 2.72. The first-order chi connectivity index (χ1) is 9.16. The van der Waals surface area contributed by atoms with Crippen LogP contribution in [0.2, 0.25) is 0 Å². The molecule has 19 heavy (non-hydrogen) atoms. The molecule has 1 saturated heterocycles. The maximum Gasteiger partial charge on any atom is 0.0480 e. The molecule has 0 bridgehead atoms. The average molecular weight is 262 g/mol. The van der Waals surface area contributed by atoms with Crippen LogP contribution in [0.3, 0.4) is 0 Å². The first kappa shape index (κ1) is 14.5. The molecule has 1 aromatic rings. The summed E-state index contributed by atoms with van der Waals surface area (Å²) in [7, 11) is 4.30. The van der Waals surface area contributed by atoms with Crippen molar-refractivity contribution in [3.63, 3.8) is 0 Å². The summed E-state index contributed by atoms with van der Waals surface area (Å²) in [5.74, 6) is 0. The van der Waals surface area contributed by atoms with Gasteiger partial charge >= 0.3 is 0 Å². The lowest BCUT2D eigenvalue weighted by molar-refractivity contribution is 0.0760. The standard InChI is InChI=1S/C16H26N2O/c1-13-5-4-6-14(11-13)16(18(2)3)12-17-15-7-9-19-10-8-15/h4-6,11,15-17H,7-10,12H2,1-3H3/t16-/m1/s1. The van der Waals surface area contributed by atoms with E-state index in [9.17, 15) is 0 Å². The molecule has 1 heterocycles. The zero-order valence-corrected chi connectivity index (χ0v) is 12.4. The van der Waals surface area contributed by atoms with Crippen molar-refractivity contribution in [2.75, 3.05) is 33.9 Å². The van der Waals surface area contributed by atoms with Gasteiger partial charge in [-0.1, -0.05) is 29.8 Å². The molecule has 0 saturated carbocycles. The largest absolute Gasteiger partial charge is 0.381 e. The molecule has 1 aliphatic heterocycles. The number of hydrogen-bond donors (Lipinski definition) is 1. The fourth-order valence-corrected chi connectivity index (χ4v) is 2.66. The Morgan fingerprint density at radius 1 is 1.32 bits per heavy atom. The quantitative estimate of drug-likeness (QED) is 0.881. The molecule has 0 amide bonds. The SMILES string of the molecule is Cc1cccc([C@@H](CNC2CCOCC2)N(C)C)c1. The van der Waals surface area contributed by atoms with Gasteiger partial charge in [0.15, 0.2) is 0 Å². The summed E-state index contributed by atoms with van der Waals surface area (Å²) in [6, 6.07) is 9.86. The minimum atomic E-state index is 0.433. The van der Waals surface area contributed by atoms with E-state index < -0.39 is 0 Å². The number of rotatable bonds is 5. The van der Waals surface area contributed by atoms with Crippen LogP contribution in [-0.4, -0.2) is 44.8 Å². The molecule has 0 aliphatic carbocycles. The summed E-state index contributed by atoms with van der Waals surface area (Å²) in [6.45, 7) is 4.95. The van der Waals surface area contributed by atoms with Crippen molar-refractivity contribution in [1.29, 1.82) is 0 Å². The molecule has 2 rings (SSSR count). The number of likely N-dealkylation sites (N-methyl/N-ethyl adjacent to an activating group) is 1. The fourth-order valence-electron chi connectivity index (χ4n) is 2.66. The lowest BCUT2D eigenvalue weighted by atomic mass is 10.0. The summed E-state index contributed by atoms with van der Waals surface area (Å²) < 4.78 is 5.40. The van der Waals surface area contributed by atoms with Crippen LogP contribution in [0.5, 0.6) is 0 Å². The van der Waals surface area contributed by atoms with Crippen molar-refractivity contribution < 1.29 is 4.74 Å². The Kier molecular flexibility index (Phi) is 5.37. The average Bonchev–Trinajstić information content (AvgIpc) is 2.40.